The van der Waals surface area contributed by atoms with Crippen LogP contribution in [-0.2, 0) is 9.59 Å². The number of thioether (sulfide) groups is 1. The maximum atomic E-state index is 12.7. The Labute approximate surface area is 178 Å². The van der Waals surface area contributed by atoms with Gasteiger partial charge in [-0.15, -0.1) is 0 Å². The van der Waals surface area contributed by atoms with Gasteiger partial charge in [0.25, 0.3) is 5.91 Å². The number of nitrogens with two attached hydrogens (primary N) is 1. The summed E-state index contributed by atoms with van der Waals surface area (Å²) in [5.41, 5.74) is 5.45. The largest absolute Gasteiger partial charge is 0.369 e. The molecule has 11 nitrogen and oxygen atoms in total. The molecule has 160 valence electrons. The predicted molar refractivity (Wildman–Crippen MR) is 109 cm³/mol. The SMILES string of the molecule is CN1C(=O)NC(=O)C2C1N=C(N1CCC(C(N)=O)CC1)N2CCSc1ncccn1. The number of rotatable bonds is 5. The Bertz CT molecular complexity index is 858. The van der Waals surface area contributed by atoms with Crippen LogP contribution in [0.25, 0.3) is 0 Å². The maximum absolute atomic E-state index is 12.7. The second-order valence-corrected chi connectivity index (χ2v) is 8.49. The zero-order valence-electron chi connectivity index (χ0n) is 16.6. The van der Waals surface area contributed by atoms with Crippen LogP contribution >= 0.6 is 11.8 Å². The molecule has 0 aromatic carbocycles. The van der Waals surface area contributed by atoms with Crippen LogP contribution in [-0.4, -0.2) is 93.1 Å². The first kappa shape index (κ1) is 20.4. The fourth-order valence-corrected chi connectivity index (χ4v) is 4.71. The molecule has 0 spiro atoms. The molecule has 0 saturated carbocycles. The van der Waals surface area contributed by atoms with Gasteiger partial charge in [0, 0.05) is 50.7 Å². The number of urea groups is 1. The van der Waals surface area contributed by atoms with Gasteiger partial charge < -0.3 is 20.4 Å². The summed E-state index contributed by atoms with van der Waals surface area (Å²) in [6, 6.07) is 0.717. The standard InChI is InChI=1S/C18H24N8O3S/c1-24-14-12(15(28)23-18(24)29)26(9-10-30-16-20-5-2-6-21-16)17(22-14)25-7-3-11(4-8-25)13(19)27/h2,5-6,11-12,14H,3-4,7-10H2,1H3,(H2,19,27)(H,23,28,29). The minimum atomic E-state index is -0.589. The van der Waals surface area contributed by atoms with Crippen molar-refractivity contribution in [2.24, 2.45) is 16.6 Å². The van der Waals surface area contributed by atoms with Crippen LogP contribution in [0.1, 0.15) is 12.8 Å². The van der Waals surface area contributed by atoms with Gasteiger partial charge in [-0.05, 0) is 18.9 Å². The van der Waals surface area contributed by atoms with E-state index in [0.29, 0.717) is 49.3 Å². The van der Waals surface area contributed by atoms with E-state index in [4.69, 9.17) is 10.7 Å². The van der Waals surface area contributed by atoms with E-state index in [9.17, 15) is 14.4 Å². The van der Waals surface area contributed by atoms with Gasteiger partial charge in [-0.25, -0.2) is 19.8 Å². The first-order valence-electron chi connectivity index (χ1n) is 9.82. The van der Waals surface area contributed by atoms with E-state index in [1.165, 1.54) is 16.7 Å². The molecule has 12 heteroatoms. The maximum Gasteiger partial charge on any atom is 0.325 e. The zero-order valence-corrected chi connectivity index (χ0v) is 17.4. The average molecular weight is 433 g/mol. The third-order valence-electron chi connectivity index (χ3n) is 5.62. The number of likely N-dealkylation sites (tertiary alicyclic amines) is 1. The number of carbonyl (C=O) groups is 3. The molecule has 0 aliphatic carbocycles. The van der Waals surface area contributed by atoms with Crippen molar-refractivity contribution in [1.29, 1.82) is 0 Å². The van der Waals surface area contributed by atoms with Crippen molar-refractivity contribution in [2.45, 2.75) is 30.2 Å². The number of hydrogen-bond acceptors (Lipinski definition) is 9. The van der Waals surface area contributed by atoms with Crippen molar-refractivity contribution in [3.05, 3.63) is 18.5 Å². The summed E-state index contributed by atoms with van der Waals surface area (Å²) in [5.74, 6) is 0.554. The number of nitrogens with zero attached hydrogens (tertiary/aromatic N) is 6. The van der Waals surface area contributed by atoms with E-state index in [0.717, 1.165) is 0 Å². The van der Waals surface area contributed by atoms with Crippen LogP contribution < -0.4 is 11.1 Å². The van der Waals surface area contributed by atoms with E-state index in [1.54, 1.807) is 25.5 Å². The monoisotopic (exact) mass is 432 g/mol. The Morgan fingerprint density at radius 1 is 1.27 bits per heavy atom. The number of guanidine groups is 1. The number of piperidine rings is 1. The van der Waals surface area contributed by atoms with Crippen LogP contribution in [0.3, 0.4) is 0 Å². The number of imide groups is 1. The predicted octanol–water partition coefficient (Wildman–Crippen LogP) is -0.686. The van der Waals surface area contributed by atoms with Gasteiger partial charge in [0.05, 0.1) is 0 Å². The molecule has 0 radical (unpaired) electrons. The van der Waals surface area contributed by atoms with E-state index in [1.807, 2.05) is 4.90 Å². The van der Waals surface area contributed by atoms with Gasteiger partial charge in [0.15, 0.2) is 23.3 Å². The first-order valence-corrected chi connectivity index (χ1v) is 10.8. The molecule has 4 rings (SSSR count). The number of hydrogen-bond donors (Lipinski definition) is 2. The molecule has 3 aliphatic heterocycles. The van der Waals surface area contributed by atoms with Gasteiger partial charge >= 0.3 is 6.03 Å². The number of amides is 4. The molecular weight excluding hydrogens is 408 g/mol. The highest BCUT2D eigenvalue weighted by atomic mass is 32.2. The Morgan fingerprint density at radius 3 is 2.63 bits per heavy atom. The lowest BCUT2D eigenvalue weighted by Gasteiger charge is -2.39. The quantitative estimate of drug-likeness (QED) is 0.461. The number of likely N-dealkylation sites (N-methyl/N-ethyl adjacent to an activating group) is 1. The van der Waals surface area contributed by atoms with Crippen LogP contribution in [0, 0.1) is 5.92 Å². The van der Waals surface area contributed by atoms with Crippen molar-refractivity contribution in [2.75, 3.05) is 32.4 Å². The number of primary amides is 1. The normalized spacial score (nSPS) is 24.6. The summed E-state index contributed by atoms with van der Waals surface area (Å²) >= 11 is 1.49. The fraction of sp³-hybridized carbons (Fsp3) is 0.556. The summed E-state index contributed by atoms with van der Waals surface area (Å²) in [6.45, 7) is 1.78. The summed E-state index contributed by atoms with van der Waals surface area (Å²) in [5, 5.41) is 3.07. The van der Waals surface area contributed by atoms with E-state index >= 15 is 0 Å². The number of aromatic nitrogens is 2. The zero-order chi connectivity index (χ0) is 21.3. The van der Waals surface area contributed by atoms with Crippen LogP contribution in [0.4, 0.5) is 4.79 Å². The molecule has 30 heavy (non-hydrogen) atoms. The number of carbonyl (C=O) groups excluding carboxylic acids is 3. The molecular formula is C18H24N8O3S. The molecule has 0 bridgehead atoms. The topological polar surface area (TPSA) is 137 Å². The average Bonchev–Trinajstić information content (AvgIpc) is 3.13. The van der Waals surface area contributed by atoms with E-state index in [2.05, 4.69) is 20.2 Å². The third-order valence-corrected chi connectivity index (χ3v) is 6.48. The lowest BCUT2D eigenvalue weighted by molar-refractivity contribution is -0.127. The summed E-state index contributed by atoms with van der Waals surface area (Å²) in [4.78, 5) is 54.9. The van der Waals surface area contributed by atoms with Gasteiger partial charge in [0.2, 0.25) is 5.91 Å². The van der Waals surface area contributed by atoms with Crippen LogP contribution in [0.5, 0.6) is 0 Å². The molecule has 4 heterocycles. The second-order valence-electron chi connectivity index (χ2n) is 7.43. The molecule has 2 saturated heterocycles. The second kappa shape index (κ2) is 8.46. The summed E-state index contributed by atoms with van der Waals surface area (Å²) in [7, 11) is 1.63. The number of fused-ring (bicyclic) bond motifs is 1. The van der Waals surface area contributed by atoms with Gasteiger partial charge in [-0.3, -0.25) is 14.9 Å². The third kappa shape index (κ3) is 3.91. The van der Waals surface area contributed by atoms with Crippen molar-refractivity contribution < 1.29 is 14.4 Å². The van der Waals surface area contributed by atoms with E-state index < -0.39 is 18.2 Å². The summed E-state index contributed by atoms with van der Waals surface area (Å²) < 4.78 is 0. The molecule has 1 aromatic rings. The minimum absolute atomic E-state index is 0.141. The molecule has 2 atom stereocenters. The first-order chi connectivity index (χ1) is 14.5. The Balaban J connectivity index is 1.51. The Kier molecular flexibility index (Phi) is 5.75. The Hall–Kier alpha value is -2.89. The minimum Gasteiger partial charge on any atom is -0.369 e. The van der Waals surface area contributed by atoms with Crippen LogP contribution in [0.15, 0.2) is 28.6 Å². The highest BCUT2D eigenvalue weighted by Gasteiger charge is 2.49. The highest BCUT2D eigenvalue weighted by molar-refractivity contribution is 7.99. The van der Waals surface area contributed by atoms with Crippen molar-refractivity contribution in [1.82, 2.24) is 30.0 Å². The van der Waals surface area contributed by atoms with Gasteiger partial charge in [-0.2, -0.15) is 0 Å². The lowest BCUT2D eigenvalue weighted by Crippen LogP contribution is -2.64. The van der Waals surface area contributed by atoms with Crippen molar-refractivity contribution in [3.63, 3.8) is 0 Å². The lowest BCUT2D eigenvalue weighted by atomic mass is 9.96. The molecule has 2 fully saturated rings. The smallest absolute Gasteiger partial charge is 0.325 e. The van der Waals surface area contributed by atoms with Crippen molar-refractivity contribution >= 4 is 35.6 Å². The molecule has 3 aliphatic rings. The number of nitrogens with one attached hydrogen (secondary N) is 1. The van der Waals surface area contributed by atoms with Gasteiger partial charge in [0.1, 0.15) is 0 Å². The Morgan fingerprint density at radius 2 is 1.97 bits per heavy atom. The van der Waals surface area contributed by atoms with Gasteiger partial charge in [-0.1, -0.05) is 11.8 Å². The molecule has 3 N–H and O–H groups in total. The fourth-order valence-electron chi connectivity index (χ4n) is 3.97. The molecule has 2 unspecified atom stereocenters. The molecule has 1 aromatic heterocycles. The van der Waals surface area contributed by atoms with Crippen LogP contribution in [0.2, 0.25) is 0 Å². The highest BCUT2D eigenvalue weighted by Crippen LogP contribution is 2.28. The van der Waals surface area contributed by atoms with Crippen molar-refractivity contribution in [3.8, 4) is 0 Å². The summed E-state index contributed by atoms with van der Waals surface area (Å²) in [6.07, 6.45) is 4.09. The number of aliphatic imine (C=N–C) groups is 1. The molecule has 4 amide bonds. The van der Waals surface area contributed by atoms with E-state index in [-0.39, 0.29) is 17.7 Å².